The predicted octanol–water partition coefficient (Wildman–Crippen LogP) is 5.51. The molecule has 1 aromatic heterocycles. The van der Waals surface area contributed by atoms with E-state index in [1.54, 1.807) is 29.2 Å². The lowest BCUT2D eigenvalue weighted by Gasteiger charge is -2.33. The number of rotatable bonds is 6. The highest BCUT2D eigenvalue weighted by Crippen LogP contribution is 2.29. The van der Waals surface area contributed by atoms with E-state index in [1.807, 2.05) is 20.8 Å². The number of ether oxygens (including phenoxy) is 1. The number of benzene rings is 1. The third-order valence-electron chi connectivity index (χ3n) is 5.16. The second-order valence-electron chi connectivity index (χ2n) is 8.69. The smallest absolute Gasteiger partial charge is 0.416 e. The molecule has 1 aliphatic carbocycles. The van der Waals surface area contributed by atoms with E-state index in [0.717, 1.165) is 24.6 Å². The van der Waals surface area contributed by atoms with Crippen molar-refractivity contribution in [3.05, 3.63) is 46.0 Å². The second-order valence-corrected chi connectivity index (χ2v) is 8.69. The summed E-state index contributed by atoms with van der Waals surface area (Å²) >= 11 is 0. The monoisotopic (exact) mass is 413 g/mol. The Kier molecular flexibility index (Phi) is 6.22. The van der Waals surface area contributed by atoms with Gasteiger partial charge in [0, 0.05) is 22.5 Å². The lowest BCUT2D eigenvalue weighted by atomic mass is 9.85. The number of aromatic nitrogens is 1. The van der Waals surface area contributed by atoms with Crippen molar-refractivity contribution in [3.63, 3.8) is 0 Å². The number of amides is 1. The summed E-state index contributed by atoms with van der Waals surface area (Å²) in [5.74, 6) is 0.413. The molecule has 0 saturated heterocycles. The average Bonchev–Trinajstić information content (AvgIpc) is 2.97. The zero-order valence-electron chi connectivity index (χ0n) is 17.5. The first-order chi connectivity index (χ1) is 14.2. The standard InChI is InChI=1S/C21H27N5O4/c1-21(2,3)30-20(29)25(12-14-5-4-6-14)13-17-10-16-8-7-15(11-23-24-22)9-18(16)26(17)19(27)28/h7-10,14H,4-6,11-13H2,1-3H3,(H,27,28). The molecule has 1 saturated carbocycles. The summed E-state index contributed by atoms with van der Waals surface area (Å²) in [5, 5.41) is 14.1. The molecule has 1 heterocycles. The van der Waals surface area contributed by atoms with Gasteiger partial charge in [0.05, 0.1) is 18.6 Å². The van der Waals surface area contributed by atoms with Crippen molar-refractivity contribution in [2.75, 3.05) is 6.54 Å². The Morgan fingerprint density at radius 3 is 2.63 bits per heavy atom. The Balaban J connectivity index is 1.95. The quantitative estimate of drug-likeness (QED) is 0.381. The molecule has 0 unspecified atom stereocenters. The van der Waals surface area contributed by atoms with Crippen LogP contribution in [0.5, 0.6) is 0 Å². The van der Waals surface area contributed by atoms with Crippen LogP contribution in [0.25, 0.3) is 21.3 Å². The Bertz CT molecular complexity index is 997. The molecule has 9 nitrogen and oxygen atoms in total. The molecule has 30 heavy (non-hydrogen) atoms. The zero-order valence-corrected chi connectivity index (χ0v) is 17.5. The van der Waals surface area contributed by atoms with Crippen molar-refractivity contribution < 1.29 is 19.4 Å². The van der Waals surface area contributed by atoms with Gasteiger partial charge >= 0.3 is 12.2 Å². The van der Waals surface area contributed by atoms with E-state index in [2.05, 4.69) is 10.0 Å². The van der Waals surface area contributed by atoms with Gasteiger partial charge in [0.15, 0.2) is 0 Å². The third-order valence-corrected chi connectivity index (χ3v) is 5.16. The van der Waals surface area contributed by atoms with Crippen LogP contribution in [0.2, 0.25) is 0 Å². The Labute approximate surface area is 174 Å². The van der Waals surface area contributed by atoms with Gasteiger partial charge in [-0.05, 0) is 62.8 Å². The minimum atomic E-state index is -1.13. The number of hydrogen-bond donors (Lipinski definition) is 1. The second kappa shape index (κ2) is 8.67. The van der Waals surface area contributed by atoms with E-state index in [9.17, 15) is 14.7 Å². The molecular weight excluding hydrogens is 386 g/mol. The fraction of sp³-hybridized carbons (Fsp3) is 0.524. The number of hydrogen-bond acceptors (Lipinski definition) is 4. The third kappa shape index (κ3) is 5.04. The summed E-state index contributed by atoms with van der Waals surface area (Å²) in [6.45, 7) is 6.25. The highest BCUT2D eigenvalue weighted by molar-refractivity contribution is 5.90. The van der Waals surface area contributed by atoms with Gasteiger partial charge in [-0.1, -0.05) is 23.7 Å². The highest BCUT2D eigenvalue weighted by atomic mass is 16.6. The maximum atomic E-state index is 12.8. The van der Waals surface area contributed by atoms with Gasteiger partial charge < -0.3 is 14.7 Å². The summed E-state index contributed by atoms with van der Waals surface area (Å²) in [6.07, 6.45) is 1.69. The van der Waals surface area contributed by atoms with Crippen molar-refractivity contribution in [3.8, 4) is 0 Å². The van der Waals surface area contributed by atoms with E-state index < -0.39 is 17.8 Å². The highest BCUT2D eigenvalue weighted by Gasteiger charge is 2.29. The fourth-order valence-corrected chi connectivity index (χ4v) is 3.57. The maximum absolute atomic E-state index is 12.8. The number of azide groups is 1. The van der Waals surface area contributed by atoms with Gasteiger partial charge in [-0.3, -0.25) is 0 Å². The molecule has 2 aromatic rings. The number of fused-ring (bicyclic) bond motifs is 1. The summed E-state index contributed by atoms with van der Waals surface area (Å²) in [7, 11) is 0. The van der Waals surface area contributed by atoms with Crippen LogP contribution < -0.4 is 0 Å². The molecule has 0 atom stereocenters. The zero-order chi connectivity index (χ0) is 21.9. The molecule has 1 aromatic carbocycles. The van der Waals surface area contributed by atoms with E-state index >= 15 is 0 Å². The first-order valence-corrected chi connectivity index (χ1v) is 10.0. The molecule has 0 aliphatic heterocycles. The topological polar surface area (TPSA) is 121 Å². The van der Waals surface area contributed by atoms with Gasteiger partial charge in [0.1, 0.15) is 5.60 Å². The minimum Gasteiger partial charge on any atom is -0.464 e. The molecule has 1 amide bonds. The van der Waals surface area contributed by atoms with Crippen LogP contribution in [0.15, 0.2) is 29.4 Å². The average molecular weight is 413 g/mol. The van der Waals surface area contributed by atoms with Gasteiger partial charge in [-0.15, -0.1) is 0 Å². The van der Waals surface area contributed by atoms with E-state index in [-0.39, 0.29) is 13.1 Å². The maximum Gasteiger partial charge on any atom is 0.416 e. The van der Waals surface area contributed by atoms with Crippen molar-refractivity contribution in [1.82, 2.24) is 9.47 Å². The Morgan fingerprint density at radius 2 is 2.07 bits per heavy atom. The van der Waals surface area contributed by atoms with Gasteiger partial charge in [0.2, 0.25) is 0 Å². The SMILES string of the molecule is CC(C)(C)OC(=O)N(Cc1cc2ccc(CN=[N+]=[N-])cc2n1C(=O)O)CC1CCC1. The molecule has 3 rings (SSSR count). The van der Waals surface area contributed by atoms with Crippen LogP contribution in [0.3, 0.4) is 0 Å². The van der Waals surface area contributed by atoms with Crippen molar-refractivity contribution in [2.45, 2.75) is 58.7 Å². The van der Waals surface area contributed by atoms with Gasteiger partial charge in [-0.2, -0.15) is 0 Å². The van der Waals surface area contributed by atoms with Crippen LogP contribution in [0.1, 0.15) is 51.3 Å². The van der Waals surface area contributed by atoms with E-state index in [1.165, 1.54) is 4.57 Å². The molecule has 9 heteroatoms. The summed E-state index contributed by atoms with van der Waals surface area (Å²) in [5.41, 5.74) is 9.59. The largest absolute Gasteiger partial charge is 0.464 e. The van der Waals surface area contributed by atoms with Crippen LogP contribution in [0.4, 0.5) is 9.59 Å². The summed E-state index contributed by atoms with van der Waals surface area (Å²) in [6, 6.07) is 7.07. The normalized spacial score (nSPS) is 14.1. The van der Waals surface area contributed by atoms with Crippen molar-refractivity contribution in [1.29, 1.82) is 0 Å². The lowest BCUT2D eigenvalue weighted by Crippen LogP contribution is -2.41. The minimum absolute atomic E-state index is 0.137. The fourth-order valence-electron chi connectivity index (χ4n) is 3.57. The Morgan fingerprint density at radius 1 is 1.33 bits per heavy atom. The first-order valence-electron chi connectivity index (χ1n) is 10.0. The van der Waals surface area contributed by atoms with Crippen molar-refractivity contribution in [2.24, 2.45) is 11.0 Å². The van der Waals surface area contributed by atoms with Crippen LogP contribution >= 0.6 is 0 Å². The molecule has 1 fully saturated rings. The van der Waals surface area contributed by atoms with Gasteiger partial charge in [0.25, 0.3) is 0 Å². The number of carbonyl (C=O) groups is 2. The number of carbonyl (C=O) groups excluding carboxylic acids is 1. The summed E-state index contributed by atoms with van der Waals surface area (Å²) in [4.78, 5) is 29.2. The van der Waals surface area contributed by atoms with Crippen LogP contribution in [-0.4, -0.2) is 38.9 Å². The first kappa shape index (κ1) is 21.5. The molecule has 0 spiro atoms. The molecule has 1 aliphatic rings. The Hall–Kier alpha value is -3.19. The lowest BCUT2D eigenvalue weighted by molar-refractivity contribution is 0.0168. The molecule has 0 radical (unpaired) electrons. The number of nitrogens with zero attached hydrogens (tertiary/aromatic N) is 5. The molecule has 160 valence electrons. The summed E-state index contributed by atoms with van der Waals surface area (Å²) < 4.78 is 6.75. The molecule has 0 bridgehead atoms. The van der Waals surface area contributed by atoms with E-state index in [0.29, 0.717) is 29.2 Å². The predicted molar refractivity (Wildman–Crippen MR) is 112 cm³/mol. The van der Waals surface area contributed by atoms with Gasteiger partial charge in [-0.25, -0.2) is 14.2 Å². The number of carboxylic acid groups (broad SMARTS) is 1. The van der Waals surface area contributed by atoms with Crippen molar-refractivity contribution >= 4 is 23.1 Å². The molecule has 1 N–H and O–H groups in total. The van der Waals surface area contributed by atoms with Crippen LogP contribution in [0, 0.1) is 5.92 Å². The van der Waals surface area contributed by atoms with E-state index in [4.69, 9.17) is 10.3 Å². The van der Waals surface area contributed by atoms with Crippen LogP contribution in [-0.2, 0) is 17.8 Å². The molecular formula is C21H27N5O4.